The molecule has 0 aliphatic carbocycles. The Balaban J connectivity index is 1.40. The molecule has 0 saturated carbocycles. The molecular weight excluding hydrogens is 494 g/mol. The number of carbonyl (C=O) groups excluding carboxylic acids is 3. The van der Waals surface area contributed by atoms with E-state index < -0.39 is 42.1 Å². The summed E-state index contributed by atoms with van der Waals surface area (Å²) < 4.78 is 64.3. The first-order valence-corrected chi connectivity index (χ1v) is 10.8. The summed E-state index contributed by atoms with van der Waals surface area (Å²) in [7, 11) is 0. The summed E-state index contributed by atoms with van der Waals surface area (Å²) in [5.74, 6) is -3.84. The maximum Gasteiger partial charge on any atom is 0.414 e. The number of halogens is 4. The highest BCUT2D eigenvalue weighted by Gasteiger charge is 2.34. The highest BCUT2D eigenvalue weighted by Crippen LogP contribution is 2.31. The molecule has 36 heavy (non-hydrogen) atoms. The molecule has 4 rings (SSSR count). The number of nitrogens with zero attached hydrogens (tertiary/aromatic N) is 4. The largest absolute Gasteiger partial charge is 0.442 e. The number of anilines is 2. The monoisotopic (exact) mass is 515 g/mol. The maximum atomic E-state index is 15.0. The fraction of sp³-hybridized carbons (Fsp3) is 0.429. The molecule has 2 saturated heterocycles. The van der Waals surface area contributed by atoms with Gasteiger partial charge in [-0.05, 0) is 0 Å². The van der Waals surface area contributed by atoms with Crippen LogP contribution in [0.4, 0.5) is 33.7 Å². The number of carbonyl (C=O) groups is 3. The van der Waals surface area contributed by atoms with E-state index in [-0.39, 0.29) is 57.1 Å². The number of aromatic nitrogens is 1. The molecule has 1 aromatic heterocycles. The van der Waals surface area contributed by atoms with Crippen molar-refractivity contribution in [3.05, 3.63) is 41.8 Å². The van der Waals surface area contributed by atoms with Crippen LogP contribution in [-0.2, 0) is 25.6 Å². The second kappa shape index (κ2) is 10.8. The average Bonchev–Trinajstić information content (AvgIpc) is 3.40. The summed E-state index contributed by atoms with van der Waals surface area (Å²) in [4.78, 5) is 43.3. The van der Waals surface area contributed by atoms with E-state index in [1.807, 2.05) is 5.32 Å². The molecule has 2 aliphatic rings. The van der Waals surface area contributed by atoms with Crippen LogP contribution in [0.15, 0.2) is 29.0 Å². The number of hydroxylamine groups is 2. The van der Waals surface area contributed by atoms with Crippen LogP contribution in [-0.4, -0.2) is 80.0 Å². The van der Waals surface area contributed by atoms with Gasteiger partial charge in [-0.15, -0.1) is 0 Å². The molecule has 1 atom stereocenters. The Morgan fingerprint density at radius 3 is 2.58 bits per heavy atom. The van der Waals surface area contributed by atoms with Crippen LogP contribution in [0.3, 0.4) is 0 Å². The third-order valence-corrected chi connectivity index (χ3v) is 5.49. The molecule has 15 heteroatoms. The summed E-state index contributed by atoms with van der Waals surface area (Å²) in [5, 5.41) is 6.69. The average molecular weight is 515 g/mol. The van der Waals surface area contributed by atoms with Crippen molar-refractivity contribution >= 4 is 29.3 Å². The van der Waals surface area contributed by atoms with Gasteiger partial charge in [-0.3, -0.25) is 19.3 Å². The van der Waals surface area contributed by atoms with Crippen molar-refractivity contribution in [2.45, 2.75) is 19.0 Å². The zero-order valence-electron chi connectivity index (χ0n) is 18.7. The Morgan fingerprint density at radius 2 is 1.92 bits per heavy atom. The second-order valence-electron chi connectivity index (χ2n) is 7.90. The van der Waals surface area contributed by atoms with Crippen LogP contribution in [0.2, 0.25) is 0 Å². The second-order valence-corrected chi connectivity index (χ2v) is 7.90. The van der Waals surface area contributed by atoms with E-state index in [9.17, 15) is 23.2 Å². The number of cyclic esters (lactones) is 1. The molecular formula is C21H21F4N5O6. The lowest BCUT2D eigenvalue weighted by molar-refractivity contribution is -0.181. The summed E-state index contributed by atoms with van der Waals surface area (Å²) in [5.41, 5.74) is -0.0881. The highest BCUT2D eigenvalue weighted by atomic mass is 19.3. The Kier molecular flexibility index (Phi) is 7.57. The van der Waals surface area contributed by atoms with E-state index in [2.05, 4.69) is 9.68 Å². The first-order valence-electron chi connectivity index (χ1n) is 10.8. The van der Waals surface area contributed by atoms with E-state index in [1.54, 1.807) is 0 Å². The van der Waals surface area contributed by atoms with E-state index in [1.165, 1.54) is 17.2 Å². The minimum Gasteiger partial charge on any atom is -0.442 e. The Labute approximate surface area is 201 Å². The van der Waals surface area contributed by atoms with Gasteiger partial charge in [-0.25, -0.2) is 18.6 Å². The first kappa shape index (κ1) is 25.2. The van der Waals surface area contributed by atoms with E-state index in [4.69, 9.17) is 9.57 Å². The molecule has 0 spiro atoms. The van der Waals surface area contributed by atoms with Gasteiger partial charge >= 0.3 is 12.5 Å². The van der Waals surface area contributed by atoms with Crippen molar-refractivity contribution in [2.75, 3.05) is 49.1 Å². The first-order chi connectivity index (χ1) is 17.2. The summed E-state index contributed by atoms with van der Waals surface area (Å²) in [6.45, 7) is -0.430. The van der Waals surface area contributed by atoms with Gasteiger partial charge in [0.2, 0.25) is 0 Å². The SMILES string of the molecule is O=C(NC[C@H]1CN(c2cc(F)c(N3CCON(C(=O)Cc4ccon4)CC3)c(F)c2)C(=O)O1)C(F)F. The number of ether oxygens (including phenoxy) is 1. The van der Waals surface area contributed by atoms with Gasteiger partial charge in [0.15, 0.2) is 11.6 Å². The van der Waals surface area contributed by atoms with Crippen LogP contribution in [0.1, 0.15) is 5.69 Å². The lowest BCUT2D eigenvalue weighted by atomic mass is 10.2. The van der Waals surface area contributed by atoms with E-state index in [0.717, 1.165) is 22.1 Å². The number of nitrogens with one attached hydrogen (secondary N) is 1. The fourth-order valence-electron chi connectivity index (χ4n) is 3.78. The molecule has 0 unspecified atom stereocenters. The molecule has 3 heterocycles. The van der Waals surface area contributed by atoms with Gasteiger partial charge in [0.25, 0.3) is 11.8 Å². The molecule has 1 N–H and O–H groups in total. The van der Waals surface area contributed by atoms with Gasteiger partial charge in [-0.1, -0.05) is 5.16 Å². The van der Waals surface area contributed by atoms with Gasteiger partial charge in [0.1, 0.15) is 18.1 Å². The van der Waals surface area contributed by atoms with Crippen molar-refractivity contribution in [2.24, 2.45) is 0 Å². The molecule has 2 aliphatic heterocycles. The van der Waals surface area contributed by atoms with Gasteiger partial charge in [-0.2, -0.15) is 8.78 Å². The smallest absolute Gasteiger partial charge is 0.414 e. The number of hydrogen-bond acceptors (Lipinski definition) is 8. The molecule has 194 valence electrons. The van der Waals surface area contributed by atoms with Crippen molar-refractivity contribution in [1.82, 2.24) is 15.5 Å². The zero-order chi connectivity index (χ0) is 25.8. The fourth-order valence-corrected chi connectivity index (χ4v) is 3.78. The third-order valence-electron chi connectivity index (χ3n) is 5.49. The van der Waals surface area contributed by atoms with Crippen molar-refractivity contribution in [1.29, 1.82) is 0 Å². The standard InChI is InChI=1S/C21H21F4N5O6/c22-15-8-13(29-11-14(36-21(29)33)10-26-20(32)19(24)25)9-16(23)18(15)28-2-3-30(35-6-4-28)17(31)7-12-1-5-34-27-12/h1,5,8-9,14,19H,2-4,6-7,10-11H2,(H,26,32)/t14-/m0/s1. The lowest BCUT2D eigenvalue weighted by Crippen LogP contribution is -2.37. The molecule has 11 nitrogen and oxygen atoms in total. The normalized spacial score (nSPS) is 18.4. The molecule has 2 fully saturated rings. The van der Waals surface area contributed by atoms with Gasteiger partial charge in [0, 0.05) is 31.3 Å². The topological polar surface area (TPSA) is 117 Å². The quantitative estimate of drug-likeness (QED) is 0.552. The number of alkyl halides is 2. The number of benzene rings is 1. The summed E-state index contributed by atoms with van der Waals surface area (Å²) >= 11 is 0. The van der Waals surface area contributed by atoms with Gasteiger partial charge in [0.05, 0.1) is 44.0 Å². The zero-order valence-corrected chi connectivity index (χ0v) is 18.7. The molecule has 3 amide bonds. The maximum absolute atomic E-state index is 15.0. The van der Waals surface area contributed by atoms with Crippen LogP contribution < -0.4 is 15.1 Å². The highest BCUT2D eigenvalue weighted by molar-refractivity contribution is 5.90. The minimum absolute atomic E-state index is 0.0182. The Bertz CT molecular complexity index is 1100. The molecule has 1 aromatic carbocycles. The number of rotatable bonds is 7. The van der Waals surface area contributed by atoms with Gasteiger partial charge < -0.3 is 19.5 Å². The molecule has 0 radical (unpaired) electrons. The third kappa shape index (κ3) is 5.67. The van der Waals surface area contributed by atoms with Crippen LogP contribution >= 0.6 is 0 Å². The van der Waals surface area contributed by atoms with E-state index in [0.29, 0.717) is 5.69 Å². The van der Waals surface area contributed by atoms with Crippen LogP contribution in [0, 0.1) is 11.6 Å². The summed E-state index contributed by atoms with van der Waals surface area (Å²) in [6.07, 6.45) is -3.88. The lowest BCUT2D eigenvalue weighted by Gasteiger charge is -2.24. The van der Waals surface area contributed by atoms with Crippen molar-refractivity contribution in [3.63, 3.8) is 0 Å². The van der Waals surface area contributed by atoms with Crippen LogP contribution in [0.25, 0.3) is 0 Å². The predicted molar refractivity (Wildman–Crippen MR) is 113 cm³/mol. The molecule has 0 bridgehead atoms. The Morgan fingerprint density at radius 1 is 1.17 bits per heavy atom. The number of hydrogen-bond donors (Lipinski definition) is 1. The minimum atomic E-state index is -3.23. The Hall–Kier alpha value is -3.88. The van der Waals surface area contributed by atoms with Crippen molar-refractivity contribution < 1.29 is 46.0 Å². The van der Waals surface area contributed by atoms with Crippen molar-refractivity contribution in [3.8, 4) is 0 Å². The van der Waals surface area contributed by atoms with E-state index >= 15 is 8.78 Å². The number of amides is 3. The molecule has 2 aromatic rings. The predicted octanol–water partition coefficient (Wildman–Crippen LogP) is 1.48. The van der Waals surface area contributed by atoms with Crippen LogP contribution in [0.5, 0.6) is 0 Å². The summed E-state index contributed by atoms with van der Waals surface area (Å²) in [6, 6.07) is 3.42.